The number of pyridine rings is 1. The molecule has 92 valence electrons. The van der Waals surface area contributed by atoms with E-state index in [4.69, 9.17) is 0 Å². The van der Waals surface area contributed by atoms with E-state index < -0.39 is 0 Å². The van der Waals surface area contributed by atoms with Crippen molar-refractivity contribution in [3.05, 3.63) is 73.8 Å². The molecule has 1 aromatic heterocycles. The van der Waals surface area contributed by atoms with Crippen LogP contribution >= 0.6 is 0 Å². The molecule has 2 heterocycles. The van der Waals surface area contributed by atoms with Crippen LogP contribution in [0.2, 0.25) is 0 Å². The van der Waals surface area contributed by atoms with E-state index in [1.807, 2.05) is 36.7 Å². The minimum absolute atomic E-state index is 0.877. The van der Waals surface area contributed by atoms with Gasteiger partial charge in [0.25, 0.3) is 0 Å². The maximum Gasteiger partial charge on any atom is 0.103 e. The van der Waals surface area contributed by atoms with Crippen molar-refractivity contribution in [2.24, 2.45) is 0 Å². The van der Waals surface area contributed by atoms with Gasteiger partial charge in [0.1, 0.15) is 19.6 Å². The van der Waals surface area contributed by atoms with Crippen molar-refractivity contribution in [1.82, 2.24) is 4.98 Å². The molecule has 0 aromatic carbocycles. The highest BCUT2D eigenvalue weighted by Gasteiger charge is 2.23. The maximum absolute atomic E-state index is 4.05. The molecule has 0 bridgehead atoms. The normalized spacial score (nSPS) is 17.0. The topological polar surface area (TPSA) is 12.9 Å². The molecule has 0 saturated carbocycles. The molecule has 0 unspecified atom stereocenters. The van der Waals surface area contributed by atoms with Gasteiger partial charge >= 0.3 is 0 Å². The van der Waals surface area contributed by atoms with Gasteiger partial charge in [-0.3, -0.25) is 9.47 Å². The van der Waals surface area contributed by atoms with Crippen LogP contribution in [-0.2, 0) is 0 Å². The van der Waals surface area contributed by atoms with Crippen molar-refractivity contribution < 1.29 is 4.48 Å². The van der Waals surface area contributed by atoms with Crippen LogP contribution in [0.5, 0.6) is 0 Å². The largest absolute Gasteiger partial charge is 0.288 e. The Morgan fingerprint density at radius 2 is 1.83 bits per heavy atom. The van der Waals surface area contributed by atoms with E-state index in [2.05, 4.69) is 36.5 Å². The van der Waals surface area contributed by atoms with Crippen molar-refractivity contribution in [2.75, 3.05) is 19.6 Å². The van der Waals surface area contributed by atoms with Crippen LogP contribution in [0.25, 0.3) is 5.57 Å². The van der Waals surface area contributed by atoms with Gasteiger partial charge in [0.05, 0.1) is 6.20 Å². The monoisotopic (exact) mass is 239 g/mol. The number of aromatic nitrogens is 1. The molecule has 1 aliphatic rings. The van der Waals surface area contributed by atoms with Crippen LogP contribution in [0.1, 0.15) is 5.56 Å². The third kappa shape index (κ3) is 2.66. The first-order chi connectivity index (χ1) is 8.79. The Balaban J connectivity index is 2.19. The van der Waals surface area contributed by atoms with Crippen molar-refractivity contribution in [2.45, 2.75) is 0 Å². The molecule has 0 aliphatic carbocycles. The van der Waals surface area contributed by atoms with Crippen molar-refractivity contribution in [3.63, 3.8) is 0 Å². The van der Waals surface area contributed by atoms with E-state index in [1.54, 1.807) is 0 Å². The molecule has 0 amide bonds. The lowest BCUT2D eigenvalue weighted by molar-refractivity contribution is -0.862. The van der Waals surface area contributed by atoms with Crippen LogP contribution < -0.4 is 0 Å². The van der Waals surface area contributed by atoms with E-state index in [-0.39, 0.29) is 0 Å². The molecular weight excluding hydrogens is 220 g/mol. The zero-order valence-corrected chi connectivity index (χ0v) is 10.6. The van der Waals surface area contributed by atoms with Gasteiger partial charge in [0.2, 0.25) is 0 Å². The van der Waals surface area contributed by atoms with Gasteiger partial charge < -0.3 is 0 Å². The Bertz CT molecular complexity index is 473. The first kappa shape index (κ1) is 12.5. The molecule has 2 nitrogen and oxygen atoms in total. The number of rotatable bonds is 5. The lowest BCUT2D eigenvalue weighted by Gasteiger charge is -2.34. The molecule has 1 aliphatic heterocycles. The minimum Gasteiger partial charge on any atom is -0.288 e. The van der Waals surface area contributed by atoms with E-state index >= 15 is 0 Å². The smallest absolute Gasteiger partial charge is 0.103 e. The molecule has 0 spiro atoms. The maximum atomic E-state index is 4.05. The third-order valence-electron chi connectivity index (χ3n) is 3.24. The molecule has 0 radical (unpaired) electrons. The molecule has 0 saturated heterocycles. The first-order valence-electron chi connectivity index (χ1n) is 6.17. The van der Waals surface area contributed by atoms with Crippen LogP contribution in [0.15, 0.2) is 68.2 Å². The van der Waals surface area contributed by atoms with Crippen molar-refractivity contribution in [3.8, 4) is 0 Å². The van der Waals surface area contributed by atoms with E-state index in [1.165, 1.54) is 11.1 Å². The first-order valence-corrected chi connectivity index (χ1v) is 6.17. The molecule has 18 heavy (non-hydrogen) atoms. The lowest BCUT2D eigenvalue weighted by atomic mass is 10.0. The summed E-state index contributed by atoms with van der Waals surface area (Å²) in [6.45, 7) is 10.5. The summed E-state index contributed by atoms with van der Waals surface area (Å²) in [5.41, 5.74) is 2.48. The van der Waals surface area contributed by atoms with Gasteiger partial charge in [-0.05, 0) is 47.6 Å². The van der Waals surface area contributed by atoms with Crippen molar-refractivity contribution in [1.29, 1.82) is 0 Å². The van der Waals surface area contributed by atoms with Gasteiger partial charge in [-0.2, -0.15) is 0 Å². The molecule has 1 aromatic rings. The summed E-state index contributed by atoms with van der Waals surface area (Å²) in [7, 11) is 0. The van der Waals surface area contributed by atoms with Gasteiger partial charge in [-0.25, -0.2) is 0 Å². The van der Waals surface area contributed by atoms with E-state index in [0.29, 0.717) is 0 Å². The van der Waals surface area contributed by atoms with Gasteiger partial charge in [-0.1, -0.05) is 13.2 Å². The van der Waals surface area contributed by atoms with Gasteiger partial charge in [0.15, 0.2) is 0 Å². The van der Waals surface area contributed by atoms with Crippen LogP contribution in [-0.4, -0.2) is 29.1 Å². The predicted molar refractivity (Wildman–Crippen MR) is 76.6 cm³/mol. The summed E-state index contributed by atoms with van der Waals surface area (Å²) < 4.78 is 0.877. The van der Waals surface area contributed by atoms with E-state index in [9.17, 15) is 0 Å². The fourth-order valence-electron chi connectivity index (χ4n) is 2.27. The standard InChI is InChI=1S/C16H19N2/c1-3-11-18(12-4-2)13-7-16(8-14-18)15-5-9-17-10-6-15/h3-10,13H,1-2,11-12,14H2/q+1. The highest BCUT2D eigenvalue weighted by atomic mass is 15.3. The molecular formula is C16H19N2+. The molecule has 2 rings (SSSR count). The second kappa shape index (κ2) is 5.61. The summed E-state index contributed by atoms with van der Waals surface area (Å²) in [6, 6.07) is 4.08. The fourth-order valence-corrected chi connectivity index (χ4v) is 2.27. The molecule has 2 heteroatoms. The second-order valence-electron chi connectivity index (χ2n) is 4.55. The highest BCUT2D eigenvalue weighted by molar-refractivity contribution is 5.74. The Morgan fingerprint density at radius 3 is 2.33 bits per heavy atom. The number of quaternary nitrogens is 1. The number of allylic oxidation sites excluding steroid dienone is 2. The van der Waals surface area contributed by atoms with E-state index in [0.717, 1.165) is 24.1 Å². The summed E-state index contributed by atoms with van der Waals surface area (Å²) in [6.07, 6.45) is 14.3. The van der Waals surface area contributed by atoms with Crippen molar-refractivity contribution >= 4 is 5.57 Å². The third-order valence-corrected chi connectivity index (χ3v) is 3.24. The lowest BCUT2D eigenvalue weighted by Crippen LogP contribution is -2.44. The zero-order valence-electron chi connectivity index (χ0n) is 10.6. The predicted octanol–water partition coefficient (Wildman–Crippen LogP) is 3.18. The Kier molecular flexibility index (Phi) is 3.90. The van der Waals surface area contributed by atoms with Gasteiger partial charge in [-0.15, -0.1) is 0 Å². The molecule has 0 atom stereocenters. The summed E-state index contributed by atoms with van der Waals surface area (Å²) >= 11 is 0. The molecule has 0 N–H and O–H groups in total. The summed E-state index contributed by atoms with van der Waals surface area (Å²) in [4.78, 5) is 4.05. The Hall–Kier alpha value is -1.93. The van der Waals surface area contributed by atoms with Gasteiger partial charge in [0, 0.05) is 12.4 Å². The minimum atomic E-state index is 0.877. The number of hydrogen-bond donors (Lipinski definition) is 0. The summed E-state index contributed by atoms with van der Waals surface area (Å²) in [5.74, 6) is 0. The SMILES string of the molecule is C=CC[N+]1(CC=C)C=CC(c2ccncc2)=CC1. The Labute approximate surface area is 109 Å². The zero-order chi connectivity index (χ0) is 12.8. The molecule has 0 fully saturated rings. The van der Waals surface area contributed by atoms with Crippen LogP contribution in [0.3, 0.4) is 0 Å². The average molecular weight is 239 g/mol. The Morgan fingerprint density at radius 1 is 1.17 bits per heavy atom. The number of hydrogen-bond acceptors (Lipinski definition) is 1. The van der Waals surface area contributed by atoms with Crippen LogP contribution in [0, 0.1) is 0 Å². The van der Waals surface area contributed by atoms with Crippen LogP contribution in [0.4, 0.5) is 0 Å². The quantitative estimate of drug-likeness (QED) is 0.568. The average Bonchev–Trinajstić information content (AvgIpc) is 2.41. The fraction of sp³-hybridized carbons (Fsp3) is 0.188. The summed E-state index contributed by atoms with van der Waals surface area (Å²) in [5, 5.41) is 0. The second-order valence-corrected chi connectivity index (χ2v) is 4.55. The highest BCUT2D eigenvalue weighted by Crippen LogP contribution is 2.23. The number of nitrogens with zero attached hydrogens (tertiary/aromatic N) is 2.